The zero-order chi connectivity index (χ0) is 22.9. The Morgan fingerprint density at radius 3 is 2.72 bits per heavy atom. The van der Waals surface area contributed by atoms with Crippen molar-refractivity contribution in [1.82, 2.24) is 9.62 Å². The van der Waals surface area contributed by atoms with Gasteiger partial charge in [0.05, 0.1) is 19.1 Å². The Morgan fingerprint density at radius 1 is 1.16 bits per heavy atom. The van der Waals surface area contributed by atoms with Gasteiger partial charge in [0, 0.05) is 18.2 Å². The van der Waals surface area contributed by atoms with Crippen molar-refractivity contribution in [2.45, 2.75) is 43.5 Å². The van der Waals surface area contributed by atoms with E-state index >= 15 is 0 Å². The summed E-state index contributed by atoms with van der Waals surface area (Å²) in [6.07, 6.45) is 1.02. The second-order valence-corrected chi connectivity index (χ2v) is 9.63. The van der Waals surface area contributed by atoms with E-state index in [0.29, 0.717) is 30.5 Å². The molecule has 4 rings (SSSR count). The summed E-state index contributed by atoms with van der Waals surface area (Å²) in [5.74, 6) is -4.32. The minimum Gasteiger partial charge on any atom is -0.489 e. The van der Waals surface area contributed by atoms with Crippen molar-refractivity contribution in [1.29, 1.82) is 0 Å². The van der Waals surface area contributed by atoms with Crippen LogP contribution in [0.5, 0.6) is 5.75 Å². The lowest BCUT2D eigenvalue weighted by Gasteiger charge is -2.42. The van der Waals surface area contributed by atoms with Gasteiger partial charge in [0.15, 0.2) is 11.6 Å². The largest absolute Gasteiger partial charge is 0.489 e. The van der Waals surface area contributed by atoms with Gasteiger partial charge in [0.25, 0.3) is 10.0 Å². The van der Waals surface area contributed by atoms with Crippen LogP contribution in [-0.4, -0.2) is 50.2 Å². The van der Waals surface area contributed by atoms with E-state index in [0.717, 1.165) is 5.56 Å². The van der Waals surface area contributed by atoms with E-state index in [9.17, 15) is 26.4 Å². The first-order chi connectivity index (χ1) is 15.3. The number of carbonyl (C=O) groups excluding carboxylic acids is 1. The average Bonchev–Trinajstić information content (AvgIpc) is 2.75. The number of nitrogens with one attached hydrogen (secondary N) is 1. The van der Waals surface area contributed by atoms with Crippen LogP contribution >= 0.6 is 0 Å². The van der Waals surface area contributed by atoms with Gasteiger partial charge < -0.3 is 9.64 Å². The summed E-state index contributed by atoms with van der Waals surface area (Å²) in [6.45, 7) is 0.310. The summed E-state index contributed by atoms with van der Waals surface area (Å²) in [5.41, 5.74) is 2.01. The summed E-state index contributed by atoms with van der Waals surface area (Å²) >= 11 is 0. The fourth-order valence-corrected chi connectivity index (χ4v) is 5.19. The number of rotatable bonds is 3. The van der Waals surface area contributed by atoms with Gasteiger partial charge in [-0.2, -0.15) is 8.78 Å². The molecule has 2 aliphatic rings. The Morgan fingerprint density at radius 2 is 1.94 bits per heavy atom. The number of hydrogen-bond acceptors (Lipinski definition) is 4. The van der Waals surface area contributed by atoms with E-state index in [4.69, 9.17) is 4.74 Å². The molecule has 0 radical (unpaired) electrons. The molecule has 0 saturated carbocycles. The van der Waals surface area contributed by atoms with Crippen molar-refractivity contribution in [3.05, 3.63) is 53.8 Å². The topological polar surface area (TPSA) is 75.7 Å². The molecule has 2 aliphatic heterocycles. The number of nitrogens with zero attached hydrogens (tertiary/aromatic N) is 1. The van der Waals surface area contributed by atoms with Gasteiger partial charge in [-0.1, -0.05) is 36.4 Å². The molecule has 172 valence electrons. The Bertz CT molecular complexity index is 1110. The molecule has 2 aromatic rings. The number of para-hydroxylation sites is 1. The quantitative estimate of drug-likeness (QED) is 0.750. The molecule has 2 heterocycles. The first kappa shape index (κ1) is 22.6. The summed E-state index contributed by atoms with van der Waals surface area (Å²) in [6, 6.07) is 10.3. The number of alkyl halides is 2. The predicted octanol–water partition coefficient (Wildman–Crippen LogP) is 3.32. The van der Waals surface area contributed by atoms with E-state index in [1.165, 1.54) is 11.0 Å². The normalized spacial score (nSPS) is 21.8. The van der Waals surface area contributed by atoms with Crippen molar-refractivity contribution in [2.75, 3.05) is 13.2 Å². The maximum absolute atomic E-state index is 14.5. The van der Waals surface area contributed by atoms with E-state index < -0.39 is 33.7 Å². The first-order valence-electron chi connectivity index (χ1n) is 10.4. The molecule has 1 fully saturated rings. The lowest BCUT2D eigenvalue weighted by atomic mass is 9.90. The number of amides is 1. The van der Waals surface area contributed by atoms with Gasteiger partial charge in [0.2, 0.25) is 5.91 Å². The Balaban J connectivity index is 1.75. The summed E-state index contributed by atoms with van der Waals surface area (Å²) < 4.78 is 71.9. The van der Waals surface area contributed by atoms with E-state index in [1.54, 1.807) is 24.3 Å². The molecule has 0 spiro atoms. The first-order valence-corrected chi connectivity index (χ1v) is 11.9. The monoisotopic (exact) mass is 468 g/mol. The van der Waals surface area contributed by atoms with Gasteiger partial charge in [-0.05, 0) is 36.5 Å². The van der Waals surface area contributed by atoms with Crippen molar-refractivity contribution in [3.8, 4) is 16.9 Å². The van der Waals surface area contributed by atoms with Crippen molar-refractivity contribution < 1.29 is 31.1 Å². The maximum atomic E-state index is 14.5. The lowest BCUT2D eigenvalue weighted by Crippen LogP contribution is -2.58. The van der Waals surface area contributed by atoms with Crippen LogP contribution in [0.15, 0.2) is 42.5 Å². The zero-order valence-corrected chi connectivity index (χ0v) is 18.0. The summed E-state index contributed by atoms with van der Waals surface area (Å²) in [5, 5.41) is 0. The molecule has 10 heteroatoms. The molecule has 6 nitrogen and oxygen atoms in total. The van der Waals surface area contributed by atoms with E-state index in [-0.39, 0.29) is 31.1 Å². The number of carbonyl (C=O) groups is 1. The van der Waals surface area contributed by atoms with Crippen molar-refractivity contribution in [3.63, 3.8) is 0 Å². The van der Waals surface area contributed by atoms with Crippen LogP contribution in [0.25, 0.3) is 11.1 Å². The van der Waals surface area contributed by atoms with Crippen molar-refractivity contribution >= 4 is 15.9 Å². The highest BCUT2D eigenvalue weighted by Crippen LogP contribution is 2.34. The van der Waals surface area contributed by atoms with Gasteiger partial charge in [-0.15, -0.1) is 0 Å². The molecular weight excluding hydrogens is 445 g/mol. The van der Waals surface area contributed by atoms with E-state index in [1.807, 2.05) is 12.1 Å². The third-order valence-electron chi connectivity index (χ3n) is 5.86. The molecule has 32 heavy (non-hydrogen) atoms. The number of halogens is 3. The molecule has 2 bridgehead atoms. The predicted molar refractivity (Wildman–Crippen MR) is 112 cm³/mol. The zero-order valence-electron chi connectivity index (χ0n) is 17.1. The SMILES string of the molecule is O=C1CCOc2c(F)cccc2-c2cccc(c2)C[C@H]2C(NS(=O)(=O)C(F)F)CCCN12. The average molecular weight is 468 g/mol. The molecule has 1 saturated heterocycles. The molecule has 2 atom stereocenters. The second kappa shape index (κ2) is 9.11. The fraction of sp³-hybridized carbons (Fsp3) is 0.409. The molecule has 1 amide bonds. The number of piperidine rings is 1. The number of fused-ring (bicyclic) bond motifs is 5. The van der Waals surface area contributed by atoms with Gasteiger partial charge in [0.1, 0.15) is 0 Å². The minimum absolute atomic E-state index is 0.0491. The molecule has 0 aliphatic carbocycles. The standard InChI is InChI=1S/C22H23F3N2O4S/c23-17-7-2-6-16-15-5-1-4-14(12-15)13-19-18(26-32(29,30)22(24)25)8-3-10-27(19)20(28)9-11-31-21(16)17/h1-2,4-7,12,18-19,22,26H,3,8-11,13H2/t18?,19-/m0/s1. The van der Waals surface area contributed by atoms with E-state index in [2.05, 4.69) is 4.72 Å². The molecule has 1 unspecified atom stereocenters. The molecular formula is C22H23F3N2O4S. The number of ether oxygens (including phenoxy) is 1. The van der Waals surface area contributed by atoms with Gasteiger partial charge in [-0.3, -0.25) is 4.79 Å². The van der Waals surface area contributed by atoms with Crippen LogP contribution in [0.4, 0.5) is 13.2 Å². The third-order valence-corrected chi connectivity index (χ3v) is 6.96. The number of sulfonamides is 1. The van der Waals surface area contributed by atoms with Gasteiger partial charge in [-0.25, -0.2) is 17.5 Å². The number of hydrogen-bond donors (Lipinski definition) is 1. The maximum Gasteiger partial charge on any atom is 0.350 e. The van der Waals surface area contributed by atoms with Crippen LogP contribution < -0.4 is 9.46 Å². The van der Waals surface area contributed by atoms with Crippen molar-refractivity contribution in [2.24, 2.45) is 0 Å². The second-order valence-electron chi connectivity index (χ2n) is 7.95. The van der Waals surface area contributed by atoms with Crippen LogP contribution in [0.3, 0.4) is 0 Å². The van der Waals surface area contributed by atoms with Crippen LogP contribution in [0.1, 0.15) is 24.8 Å². The molecule has 2 aromatic carbocycles. The van der Waals surface area contributed by atoms with Crippen LogP contribution in [0, 0.1) is 5.82 Å². The Kier molecular flexibility index (Phi) is 6.43. The number of benzene rings is 2. The highest BCUT2D eigenvalue weighted by molar-refractivity contribution is 7.89. The minimum atomic E-state index is -4.82. The Hall–Kier alpha value is -2.59. The highest BCUT2D eigenvalue weighted by Gasteiger charge is 2.38. The van der Waals surface area contributed by atoms with Crippen LogP contribution in [-0.2, 0) is 21.2 Å². The molecule has 1 N–H and O–H groups in total. The Labute approximate surface area is 184 Å². The third kappa shape index (κ3) is 4.61. The summed E-state index contributed by atoms with van der Waals surface area (Å²) in [4.78, 5) is 14.5. The van der Waals surface area contributed by atoms with Crippen LogP contribution in [0.2, 0.25) is 0 Å². The summed E-state index contributed by atoms with van der Waals surface area (Å²) in [7, 11) is -4.82. The lowest BCUT2D eigenvalue weighted by molar-refractivity contribution is -0.136. The molecule has 0 aromatic heterocycles. The fourth-order valence-electron chi connectivity index (χ4n) is 4.39. The van der Waals surface area contributed by atoms with Gasteiger partial charge >= 0.3 is 5.76 Å². The highest BCUT2D eigenvalue weighted by atomic mass is 32.2. The smallest absolute Gasteiger partial charge is 0.350 e.